The molecule has 3 N–H and O–H groups in total. The number of fused-ring (bicyclic) bond motifs is 3. The van der Waals surface area contributed by atoms with E-state index in [1.54, 1.807) is 36.8 Å². The first-order valence-electron chi connectivity index (χ1n) is 13.6. The van der Waals surface area contributed by atoms with E-state index in [1.807, 2.05) is 17.0 Å². The van der Waals surface area contributed by atoms with Gasteiger partial charge in [0.05, 0.1) is 17.6 Å². The molecule has 0 spiro atoms. The average molecular weight is 587 g/mol. The number of H-pyrrole nitrogens is 1. The fraction of sp³-hybridized carbons (Fsp3) is 0.276. The molecule has 2 bridgehead atoms. The zero-order valence-corrected chi connectivity index (χ0v) is 23.4. The van der Waals surface area contributed by atoms with Crippen molar-refractivity contribution >= 4 is 27.2 Å². The lowest BCUT2D eigenvalue weighted by Crippen LogP contribution is -2.46. The molecular weight excluding hydrogens is 559 g/mol. The second-order valence-corrected chi connectivity index (χ2v) is 12.9. The number of nitrogens with two attached hydrogens (primary N) is 1. The van der Waals surface area contributed by atoms with Crippen molar-refractivity contribution in [1.82, 2.24) is 34.7 Å². The molecule has 2 fully saturated rings. The minimum atomic E-state index is -3.76. The number of hydrogen-bond acceptors (Lipinski definition) is 8. The van der Waals surface area contributed by atoms with Gasteiger partial charge in [-0.15, -0.1) is 0 Å². The number of sulfone groups is 1. The number of amides is 1. The van der Waals surface area contributed by atoms with Gasteiger partial charge in [0.2, 0.25) is 0 Å². The van der Waals surface area contributed by atoms with Crippen molar-refractivity contribution in [2.45, 2.75) is 48.6 Å². The summed E-state index contributed by atoms with van der Waals surface area (Å²) in [5.74, 6) is -0.632. The Hall–Kier alpha value is -4.65. The third-order valence-corrected chi connectivity index (χ3v) is 9.49. The molecule has 0 radical (unpaired) electrons. The van der Waals surface area contributed by atoms with Gasteiger partial charge in [0.1, 0.15) is 22.2 Å². The number of carbonyl (C=O) groups excluding carboxylic acids is 1. The van der Waals surface area contributed by atoms with Gasteiger partial charge in [0.25, 0.3) is 5.91 Å². The number of halogens is 1. The number of anilines is 1. The SMILES string of the molecule is CS(=O)(=O)c1c(C2C[C@H]3CC[C@@H](C2)N3C(=O)c2ccn[nH]2)nc2c(-c3ccc(-c4ccc(F)cc4)nc3)cnn2c1N. The van der Waals surface area contributed by atoms with Gasteiger partial charge in [-0.3, -0.25) is 14.9 Å². The molecule has 0 saturated carbocycles. The van der Waals surface area contributed by atoms with Crippen molar-refractivity contribution in [3.05, 3.63) is 78.3 Å². The van der Waals surface area contributed by atoms with E-state index < -0.39 is 9.84 Å². The summed E-state index contributed by atoms with van der Waals surface area (Å²) in [5, 5.41) is 11.1. The minimum absolute atomic E-state index is 0.00274. The quantitative estimate of drug-likeness (QED) is 0.315. The molecule has 5 aromatic rings. The molecule has 214 valence electrons. The lowest BCUT2D eigenvalue weighted by Gasteiger charge is -2.39. The summed E-state index contributed by atoms with van der Waals surface area (Å²) in [6, 6.07) is 11.3. The molecule has 2 aliphatic heterocycles. The predicted octanol–water partition coefficient (Wildman–Crippen LogP) is 3.86. The number of nitrogens with zero attached hydrogens (tertiary/aromatic N) is 6. The molecule has 6 heterocycles. The summed E-state index contributed by atoms with van der Waals surface area (Å²) >= 11 is 0. The van der Waals surface area contributed by atoms with Crippen LogP contribution in [0.1, 0.15) is 47.8 Å². The van der Waals surface area contributed by atoms with Crippen LogP contribution in [-0.2, 0) is 9.84 Å². The van der Waals surface area contributed by atoms with Crippen molar-refractivity contribution in [2.24, 2.45) is 0 Å². The maximum absolute atomic E-state index is 13.4. The summed E-state index contributed by atoms with van der Waals surface area (Å²) in [4.78, 5) is 24.6. The second kappa shape index (κ2) is 9.72. The van der Waals surface area contributed by atoms with Crippen molar-refractivity contribution in [3.8, 4) is 22.4 Å². The molecule has 1 unspecified atom stereocenters. The van der Waals surface area contributed by atoms with Crippen LogP contribution in [0.25, 0.3) is 28.0 Å². The molecule has 2 saturated heterocycles. The number of hydrogen-bond donors (Lipinski definition) is 2. The van der Waals surface area contributed by atoms with E-state index in [0.29, 0.717) is 41.1 Å². The highest BCUT2D eigenvalue weighted by Crippen LogP contribution is 2.45. The van der Waals surface area contributed by atoms with Crippen LogP contribution in [0.2, 0.25) is 0 Å². The summed E-state index contributed by atoms with van der Waals surface area (Å²) in [6.45, 7) is 0. The van der Waals surface area contributed by atoms with Crippen LogP contribution in [0.4, 0.5) is 10.2 Å². The molecule has 11 nitrogen and oxygen atoms in total. The van der Waals surface area contributed by atoms with Gasteiger partial charge in [-0.25, -0.2) is 17.8 Å². The van der Waals surface area contributed by atoms with Crippen LogP contribution < -0.4 is 5.73 Å². The van der Waals surface area contributed by atoms with Crippen molar-refractivity contribution in [1.29, 1.82) is 0 Å². The number of carbonyl (C=O) groups is 1. The van der Waals surface area contributed by atoms with Crippen molar-refractivity contribution < 1.29 is 17.6 Å². The number of benzene rings is 1. The Kier molecular flexibility index (Phi) is 6.08. The highest BCUT2D eigenvalue weighted by molar-refractivity contribution is 7.91. The molecule has 0 aliphatic carbocycles. The van der Waals surface area contributed by atoms with Crippen LogP contribution in [0.5, 0.6) is 0 Å². The van der Waals surface area contributed by atoms with E-state index in [1.165, 1.54) is 16.6 Å². The minimum Gasteiger partial charge on any atom is -0.382 e. The van der Waals surface area contributed by atoms with Gasteiger partial charge in [-0.05, 0) is 62.1 Å². The lowest BCUT2D eigenvalue weighted by atomic mass is 9.87. The van der Waals surface area contributed by atoms with Gasteiger partial charge >= 0.3 is 0 Å². The Morgan fingerprint density at radius 2 is 1.74 bits per heavy atom. The van der Waals surface area contributed by atoms with Gasteiger partial charge in [-0.1, -0.05) is 6.07 Å². The van der Waals surface area contributed by atoms with E-state index in [4.69, 9.17) is 10.7 Å². The zero-order valence-electron chi connectivity index (χ0n) is 22.6. The number of piperidine rings is 1. The number of aromatic nitrogens is 6. The summed E-state index contributed by atoms with van der Waals surface area (Å²) < 4.78 is 40.8. The summed E-state index contributed by atoms with van der Waals surface area (Å²) in [6.07, 6.45) is 8.75. The standard InChI is InChI=1S/C29H27FN8O3S/c1-42(40,41)26-25(18-12-20-7-8-21(13-18)37(20)29(39)24-10-11-33-36-24)35-28-22(15-34-38(28)27(26)31)17-4-9-23(32-14-17)16-2-5-19(30)6-3-16/h2-6,9-11,14-15,18,20-21H,7-8,12-13,31H2,1H3,(H,33,36)/t18?,20-,21+. The molecular formula is C29H27FN8O3S. The fourth-order valence-electron chi connectivity index (χ4n) is 6.47. The third-order valence-electron chi connectivity index (χ3n) is 8.33. The predicted molar refractivity (Wildman–Crippen MR) is 153 cm³/mol. The largest absolute Gasteiger partial charge is 0.382 e. The maximum Gasteiger partial charge on any atom is 0.272 e. The smallest absolute Gasteiger partial charge is 0.272 e. The Morgan fingerprint density at radius 1 is 1.02 bits per heavy atom. The number of rotatable bonds is 5. The maximum atomic E-state index is 13.4. The van der Waals surface area contributed by atoms with Crippen molar-refractivity contribution in [2.75, 3.05) is 12.0 Å². The van der Waals surface area contributed by atoms with E-state index in [9.17, 15) is 17.6 Å². The van der Waals surface area contributed by atoms with Gasteiger partial charge in [0, 0.05) is 53.3 Å². The number of pyridine rings is 1. The van der Waals surface area contributed by atoms with Gasteiger partial charge in [-0.2, -0.15) is 14.7 Å². The lowest BCUT2D eigenvalue weighted by molar-refractivity contribution is 0.0562. The molecule has 42 heavy (non-hydrogen) atoms. The van der Waals surface area contributed by atoms with Crippen LogP contribution in [0.15, 0.2) is 66.0 Å². The van der Waals surface area contributed by atoms with Gasteiger partial charge < -0.3 is 10.6 Å². The molecule has 13 heteroatoms. The zero-order chi connectivity index (χ0) is 29.2. The molecule has 2 aliphatic rings. The number of nitrogen functional groups attached to an aromatic ring is 1. The Bertz CT molecular complexity index is 1910. The number of nitrogens with one attached hydrogen (secondary N) is 1. The van der Waals surface area contributed by atoms with Crippen molar-refractivity contribution in [3.63, 3.8) is 0 Å². The van der Waals surface area contributed by atoms with Crippen LogP contribution in [0, 0.1) is 5.82 Å². The molecule has 7 rings (SSSR count). The third kappa shape index (κ3) is 4.31. The first-order chi connectivity index (χ1) is 20.2. The topological polar surface area (TPSA) is 152 Å². The first kappa shape index (κ1) is 26.3. The Labute approximate surface area is 240 Å². The number of aromatic amines is 1. The highest BCUT2D eigenvalue weighted by Gasteiger charge is 2.45. The molecule has 4 aromatic heterocycles. The second-order valence-electron chi connectivity index (χ2n) is 11.0. The summed E-state index contributed by atoms with van der Waals surface area (Å²) in [5.41, 5.74) is 10.6. The van der Waals surface area contributed by atoms with E-state index in [2.05, 4.69) is 20.3 Å². The summed E-state index contributed by atoms with van der Waals surface area (Å²) in [7, 11) is -3.76. The van der Waals surface area contributed by atoms with Gasteiger partial charge in [0.15, 0.2) is 15.5 Å². The van der Waals surface area contributed by atoms with Crippen LogP contribution >= 0.6 is 0 Å². The van der Waals surface area contributed by atoms with E-state index in [0.717, 1.165) is 30.2 Å². The monoisotopic (exact) mass is 586 g/mol. The fourth-order valence-corrected chi connectivity index (χ4v) is 7.53. The van der Waals surface area contributed by atoms with Crippen LogP contribution in [0.3, 0.4) is 0 Å². The Morgan fingerprint density at radius 3 is 2.36 bits per heavy atom. The average Bonchev–Trinajstić information content (AvgIpc) is 3.71. The highest BCUT2D eigenvalue weighted by atomic mass is 32.2. The Balaban J connectivity index is 1.27. The van der Waals surface area contributed by atoms with E-state index in [-0.39, 0.29) is 40.4 Å². The first-order valence-corrected chi connectivity index (χ1v) is 15.5. The van der Waals surface area contributed by atoms with E-state index >= 15 is 0 Å². The molecule has 1 aromatic carbocycles. The normalized spacial score (nSPS) is 20.3. The molecule has 3 atom stereocenters. The molecule has 1 amide bonds. The van der Waals surface area contributed by atoms with Crippen LogP contribution in [-0.4, -0.2) is 67.3 Å².